The molecule has 11 heteroatoms. The Labute approximate surface area is 218 Å². The van der Waals surface area contributed by atoms with Crippen LogP contribution < -0.4 is 23.9 Å². The molecule has 190 valence electrons. The maximum atomic E-state index is 13.5. The summed E-state index contributed by atoms with van der Waals surface area (Å²) in [5, 5.41) is 3.98. The minimum absolute atomic E-state index is 0.0442. The summed E-state index contributed by atoms with van der Waals surface area (Å²) in [4.78, 5) is 12.9. The summed E-state index contributed by atoms with van der Waals surface area (Å²) in [6, 6.07) is 17.9. The average molecular weight is 576 g/mol. The predicted molar refractivity (Wildman–Crippen MR) is 142 cm³/mol. The first-order valence-electron chi connectivity index (χ1n) is 10.8. The Balaban J connectivity index is 1.87. The Kier molecular flexibility index (Phi) is 9.31. The van der Waals surface area contributed by atoms with Crippen LogP contribution in [-0.4, -0.2) is 47.9 Å². The second kappa shape index (κ2) is 12.4. The first-order valence-corrected chi connectivity index (χ1v) is 13.1. The van der Waals surface area contributed by atoms with E-state index in [2.05, 4.69) is 26.5 Å². The molecule has 0 spiro atoms. The van der Waals surface area contributed by atoms with Gasteiger partial charge < -0.3 is 14.2 Å². The van der Waals surface area contributed by atoms with Crippen molar-refractivity contribution < 1.29 is 27.4 Å². The Morgan fingerprint density at radius 3 is 2.39 bits per heavy atom. The molecule has 1 amide bonds. The van der Waals surface area contributed by atoms with Crippen LogP contribution in [0.15, 0.2) is 81.2 Å². The SMILES string of the molecule is CCOc1ccccc1N(CC(=O)N/N=C\c1cc(Br)c(OC)c(OC)c1)S(=O)(=O)c1ccccc1. The Morgan fingerprint density at radius 2 is 1.72 bits per heavy atom. The number of carbonyl (C=O) groups is 1. The number of hydrazone groups is 1. The van der Waals surface area contributed by atoms with Crippen LogP contribution >= 0.6 is 15.9 Å². The van der Waals surface area contributed by atoms with Gasteiger partial charge in [-0.1, -0.05) is 30.3 Å². The topological polar surface area (TPSA) is 107 Å². The molecule has 0 aromatic heterocycles. The van der Waals surface area contributed by atoms with Crippen molar-refractivity contribution in [2.75, 3.05) is 31.7 Å². The van der Waals surface area contributed by atoms with Crippen molar-refractivity contribution in [1.82, 2.24) is 5.43 Å². The van der Waals surface area contributed by atoms with Gasteiger partial charge in [-0.15, -0.1) is 0 Å². The lowest BCUT2D eigenvalue weighted by Crippen LogP contribution is -2.39. The zero-order valence-electron chi connectivity index (χ0n) is 20.0. The number of methoxy groups -OCH3 is 2. The fourth-order valence-corrected chi connectivity index (χ4v) is 5.39. The highest BCUT2D eigenvalue weighted by Gasteiger charge is 2.29. The molecule has 0 aliphatic heterocycles. The molecule has 9 nitrogen and oxygen atoms in total. The van der Waals surface area contributed by atoms with Crippen LogP contribution in [0.4, 0.5) is 5.69 Å². The maximum Gasteiger partial charge on any atom is 0.264 e. The quantitative estimate of drug-likeness (QED) is 0.271. The molecule has 0 radical (unpaired) electrons. The molecule has 0 bridgehead atoms. The van der Waals surface area contributed by atoms with Gasteiger partial charge >= 0.3 is 0 Å². The van der Waals surface area contributed by atoms with E-state index < -0.39 is 22.5 Å². The Bertz CT molecular complexity index is 1330. The summed E-state index contributed by atoms with van der Waals surface area (Å²) in [5.41, 5.74) is 3.25. The normalized spacial score (nSPS) is 11.2. The Hall–Kier alpha value is -3.57. The number of halogens is 1. The monoisotopic (exact) mass is 575 g/mol. The number of nitrogens with zero attached hydrogens (tertiary/aromatic N) is 2. The summed E-state index contributed by atoms with van der Waals surface area (Å²) in [6.07, 6.45) is 1.41. The predicted octanol–water partition coefficient (Wildman–Crippen LogP) is 4.21. The van der Waals surface area contributed by atoms with E-state index in [0.717, 1.165) is 4.31 Å². The molecular weight excluding hydrogens is 550 g/mol. The number of hydrogen-bond acceptors (Lipinski definition) is 7. The minimum Gasteiger partial charge on any atom is -0.493 e. The van der Waals surface area contributed by atoms with E-state index in [1.165, 1.54) is 32.6 Å². The van der Waals surface area contributed by atoms with Crippen LogP contribution in [0.1, 0.15) is 12.5 Å². The van der Waals surface area contributed by atoms with Crippen molar-refractivity contribution in [2.24, 2.45) is 5.10 Å². The lowest BCUT2D eigenvalue weighted by atomic mass is 10.2. The minimum atomic E-state index is -4.09. The van der Waals surface area contributed by atoms with Gasteiger partial charge in [-0.2, -0.15) is 5.10 Å². The van der Waals surface area contributed by atoms with Crippen LogP contribution in [0.25, 0.3) is 0 Å². The van der Waals surface area contributed by atoms with E-state index >= 15 is 0 Å². The summed E-state index contributed by atoms with van der Waals surface area (Å²) >= 11 is 3.40. The summed E-state index contributed by atoms with van der Waals surface area (Å²) in [7, 11) is -1.05. The van der Waals surface area contributed by atoms with Crippen molar-refractivity contribution in [3.05, 3.63) is 76.8 Å². The third kappa shape index (κ3) is 6.35. The highest BCUT2D eigenvalue weighted by molar-refractivity contribution is 9.10. The lowest BCUT2D eigenvalue weighted by Gasteiger charge is -2.25. The van der Waals surface area contributed by atoms with E-state index in [4.69, 9.17) is 14.2 Å². The fraction of sp³-hybridized carbons (Fsp3) is 0.200. The number of hydrogen-bond donors (Lipinski definition) is 1. The number of benzene rings is 3. The van der Waals surface area contributed by atoms with Gasteiger partial charge in [0.2, 0.25) is 0 Å². The number of para-hydroxylation sites is 2. The van der Waals surface area contributed by atoms with Crippen molar-refractivity contribution in [2.45, 2.75) is 11.8 Å². The maximum absolute atomic E-state index is 13.5. The second-order valence-corrected chi connectivity index (χ2v) is 9.97. The molecule has 3 aromatic carbocycles. The summed E-state index contributed by atoms with van der Waals surface area (Å²) in [5.74, 6) is 0.698. The van der Waals surface area contributed by atoms with Gasteiger partial charge in [-0.3, -0.25) is 9.10 Å². The average Bonchev–Trinajstić information content (AvgIpc) is 2.88. The van der Waals surface area contributed by atoms with Crippen LogP contribution in [0.2, 0.25) is 0 Å². The van der Waals surface area contributed by atoms with Crippen molar-refractivity contribution in [3.63, 3.8) is 0 Å². The zero-order chi connectivity index (χ0) is 26.1. The molecule has 0 atom stereocenters. The third-order valence-corrected chi connectivity index (χ3v) is 7.27. The first kappa shape index (κ1) is 27.0. The smallest absolute Gasteiger partial charge is 0.264 e. The second-order valence-electron chi connectivity index (χ2n) is 7.26. The molecular formula is C25H26BrN3O6S. The van der Waals surface area contributed by atoms with Crippen molar-refractivity contribution >= 4 is 43.8 Å². The van der Waals surface area contributed by atoms with Gasteiger partial charge in [0, 0.05) is 0 Å². The molecule has 0 fully saturated rings. The van der Waals surface area contributed by atoms with Crippen molar-refractivity contribution in [3.8, 4) is 17.2 Å². The zero-order valence-corrected chi connectivity index (χ0v) is 22.4. The van der Waals surface area contributed by atoms with E-state index in [9.17, 15) is 13.2 Å². The molecule has 1 N–H and O–H groups in total. The van der Waals surface area contributed by atoms with Crippen LogP contribution in [0.3, 0.4) is 0 Å². The molecule has 0 aliphatic rings. The summed E-state index contributed by atoms with van der Waals surface area (Å²) in [6.45, 7) is 1.60. The number of anilines is 1. The number of sulfonamides is 1. The molecule has 0 heterocycles. The van der Waals surface area contributed by atoms with E-state index in [-0.39, 0.29) is 10.6 Å². The van der Waals surface area contributed by atoms with Gasteiger partial charge in [-0.05, 0) is 64.8 Å². The molecule has 36 heavy (non-hydrogen) atoms. The van der Waals surface area contributed by atoms with E-state index in [1.807, 2.05) is 0 Å². The number of ether oxygens (including phenoxy) is 3. The number of rotatable bonds is 11. The van der Waals surface area contributed by atoms with Gasteiger partial charge in [0.1, 0.15) is 12.3 Å². The lowest BCUT2D eigenvalue weighted by molar-refractivity contribution is -0.119. The largest absolute Gasteiger partial charge is 0.493 e. The highest BCUT2D eigenvalue weighted by atomic mass is 79.9. The molecule has 0 saturated heterocycles. The van der Waals surface area contributed by atoms with Gasteiger partial charge in [0.25, 0.3) is 15.9 Å². The molecule has 0 saturated carbocycles. The highest BCUT2D eigenvalue weighted by Crippen LogP contribution is 2.36. The first-order chi connectivity index (χ1) is 17.3. The third-order valence-electron chi connectivity index (χ3n) is 4.91. The molecule has 3 rings (SSSR count). The van der Waals surface area contributed by atoms with Crippen LogP contribution in [-0.2, 0) is 14.8 Å². The fourth-order valence-electron chi connectivity index (χ4n) is 3.32. The number of nitrogens with one attached hydrogen (secondary N) is 1. The molecule has 3 aromatic rings. The van der Waals surface area contributed by atoms with Gasteiger partial charge in [0.15, 0.2) is 11.5 Å². The molecule has 0 unspecified atom stereocenters. The van der Waals surface area contributed by atoms with Gasteiger partial charge in [0.05, 0.1) is 42.1 Å². The van der Waals surface area contributed by atoms with Crippen molar-refractivity contribution in [1.29, 1.82) is 0 Å². The summed E-state index contributed by atoms with van der Waals surface area (Å²) < 4.78 is 44.9. The van der Waals surface area contributed by atoms with E-state index in [0.29, 0.717) is 33.9 Å². The molecule has 0 aliphatic carbocycles. The van der Waals surface area contributed by atoms with E-state index in [1.54, 1.807) is 61.5 Å². The van der Waals surface area contributed by atoms with Crippen LogP contribution in [0.5, 0.6) is 17.2 Å². The number of amides is 1. The Morgan fingerprint density at radius 1 is 1.03 bits per heavy atom. The van der Waals surface area contributed by atoms with Gasteiger partial charge in [-0.25, -0.2) is 13.8 Å². The standard InChI is InChI=1S/C25H26BrN3O6S/c1-4-35-22-13-9-8-12-21(22)29(36(31,32)19-10-6-5-7-11-19)17-24(30)28-27-16-18-14-20(26)25(34-3)23(15-18)33-2/h5-16H,4,17H2,1-3H3,(H,28,30)/b27-16-. The van der Waals surface area contributed by atoms with Crippen LogP contribution in [0, 0.1) is 0 Å². The number of carbonyl (C=O) groups excluding carboxylic acids is 1.